The molecule has 0 atom stereocenters. The van der Waals surface area contributed by atoms with Gasteiger partial charge in [-0.25, -0.2) is 15.0 Å². The Balaban J connectivity index is 2.06. The van der Waals surface area contributed by atoms with Gasteiger partial charge >= 0.3 is 0 Å². The molecule has 0 saturated heterocycles. The average molecular weight is 287 g/mol. The van der Waals surface area contributed by atoms with Crippen LogP contribution in [0.4, 0.5) is 5.82 Å². The first-order valence-electron chi connectivity index (χ1n) is 6.08. The Labute approximate surface area is 118 Å². The Morgan fingerprint density at radius 2 is 2.15 bits per heavy atom. The van der Waals surface area contributed by atoms with E-state index in [1.54, 1.807) is 6.07 Å². The zero-order valence-corrected chi connectivity index (χ0v) is 11.9. The minimum Gasteiger partial charge on any atom is -0.384 e. The Bertz CT molecular complexity index is 831. The molecule has 3 heterocycles. The van der Waals surface area contributed by atoms with Gasteiger partial charge in [0.05, 0.1) is 18.4 Å². The first-order valence-corrected chi connectivity index (χ1v) is 6.96. The molecular weight excluding hydrogens is 274 g/mol. The van der Waals surface area contributed by atoms with Gasteiger partial charge in [-0.15, -0.1) is 11.3 Å². The second-order valence-electron chi connectivity index (χ2n) is 4.62. The number of aryl methyl sites for hydroxylation is 2. The minimum atomic E-state index is -0.0724. The number of hydrogen-bond acceptors (Lipinski definition) is 6. The number of aromatic nitrogens is 4. The van der Waals surface area contributed by atoms with Crippen molar-refractivity contribution in [2.75, 3.05) is 5.73 Å². The molecule has 2 N–H and O–H groups in total. The molecule has 7 heteroatoms. The lowest BCUT2D eigenvalue weighted by Gasteiger charge is -2.06. The fourth-order valence-corrected chi connectivity index (χ4v) is 3.00. The molecule has 6 nitrogen and oxygen atoms in total. The Kier molecular flexibility index (Phi) is 2.98. The lowest BCUT2D eigenvalue weighted by molar-refractivity contribution is 0.705. The van der Waals surface area contributed by atoms with Crippen molar-refractivity contribution < 1.29 is 0 Å². The number of nitrogens with two attached hydrogens (primary N) is 1. The van der Waals surface area contributed by atoms with Crippen LogP contribution in [0.5, 0.6) is 0 Å². The van der Waals surface area contributed by atoms with Crippen molar-refractivity contribution in [1.29, 1.82) is 0 Å². The van der Waals surface area contributed by atoms with Crippen molar-refractivity contribution in [3.8, 4) is 0 Å². The van der Waals surface area contributed by atoms with E-state index < -0.39 is 0 Å². The molecule has 20 heavy (non-hydrogen) atoms. The van der Waals surface area contributed by atoms with E-state index in [0.717, 1.165) is 16.8 Å². The quantitative estimate of drug-likeness (QED) is 0.771. The SMILES string of the molecule is Cc1cc(N)nc(Cn2cnc3c(C)csc3c2=O)n1. The highest BCUT2D eigenvalue weighted by Crippen LogP contribution is 2.19. The monoisotopic (exact) mass is 287 g/mol. The fourth-order valence-electron chi connectivity index (χ4n) is 2.05. The van der Waals surface area contributed by atoms with Crippen LogP contribution in [0.15, 0.2) is 22.6 Å². The molecule has 0 saturated carbocycles. The molecule has 0 aliphatic carbocycles. The number of thiophene rings is 1. The number of anilines is 1. The van der Waals surface area contributed by atoms with E-state index in [9.17, 15) is 4.79 Å². The number of nitrogen functional groups attached to an aromatic ring is 1. The van der Waals surface area contributed by atoms with Crippen molar-refractivity contribution in [1.82, 2.24) is 19.5 Å². The number of nitrogens with zero attached hydrogens (tertiary/aromatic N) is 4. The highest BCUT2D eigenvalue weighted by molar-refractivity contribution is 7.17. The Morgan fingerprint density at radius 3 is 2.90 bits per heavy atom. The maximum atomic E-state index is 12.4. The van der Waals surface area contributed by atoms with Gasteiger partial charge in [-0.1, -0.05) is 0 Å². The van der Waals surface area contributed by atoms with Crippen LogP contribution in [0, 0.1) is 13.8 Å². The van der Waals surface area contributed by atoms with Crippen LogP contribution in [0.3, 0.4) is 0 Å². The van der Waals surface area contributed by atoms with Crippen LogP contribution in [-0.4, -0.2) is 19.5 Å². The molecule has 0 bridgehead atoms. The average Bonchev–Trinajstić information content (AvgIpc) is 2.74. The molecule has 3 aromatic rings. The largest absolute Gasteiger partial charge is 0.384 e. The third kappa shape index (κ3) is 2.16. The standard InChI is InChI=1S/C13H13N5OS/c1-7-5-20-12-11(7)15-6-18(13(12)19)4-10-16-8(2)3-9(14)17-10/h3,5-6H,4H2,1-2H3,(H2,14,16,17). The Hall–Kier alpha value is -2.28. The summed E-state index contributed by atoms with van der Waals surface area (Å²) < 4.78 is 2.16. The van der Waals surface area contributed by atoms with Gasteiger partial charge in [0.1, 0.15) is 10.5 Å². The maximum absolute atomic E-state index is 12.4. The normalized spacial score (nSPS) is 11.1. The zero-order chi connectivity index (χ0) is 14.3. The third-order valence-corrected chi connectivity index (χ3v) is 4.03. The second kappa shape index (κ2) is 4.68. The van der Waals surface area contributed by atoms with Crippen LogP contribution < -0.4 is 11.3 Å². The summed E-state index contributed by atoms with van der Waals surface area (Å²) in [5.41, 5.74) is 8.18. The minimum absolute atomic E-state index is 0.0724. The highest BCUT2D eigenvalue weighted by atomic mass is 32.1. The van der Waals surface area contributed by atoms with Gasteiger partial charge in [0.2, 0.25) is 0 Å². The maximum Gasteiger partial charge on any atom is 0.271 e. The van der Waals surface area contributed by atoms with Crippen molar-refractivity contribution in [2.45, 2.75) is 20.4 Å². The van der Waals surface area contributed by atoms with Gasteiger partial charge in [-0.3, -0.25) is 9.36 Å². The molecule has 0 aliphatic rings. The van der Waals surface area contributed by atoms with E-state index in [-0.39, 0.29) is 12.1 Å². The van der Waals surface area contributed by atoms with Gasteiger partial charge in [0, 0.05) is 11.8 Å². The highest BCUT2D eigenvalue weighted by Gasteiger charge is 2.10. The molecule has 3 rings (SSSR count). The molecule has 102 valence electrons. The number of rotatable bonds is 2. The first kappa shape index (κ1) is 12.7. The molecule has 0 aromatic carbocycles. The lowest BCUT2D eigenvalue weighted by atomic mass is 10.3. The Morgan fingerprint density at radius 1 is 1.35 bits per heavy atom. The van der Waals surface area contributed by atoms with Crippen LogP contribution in [0.25, 0.3) is 10.2 Å². The summed E-state index contributed by atoms with van der Waals surface area (Å²) in [6.45, 7) is 4.05. The van der Waals surface area contributed by atoms with Gasteiger partial charge < -0.3 is 5.73 Å². The predicted octanol–water partition coefficient (Wildman–Crippen LogP) is 1.50. The summed E-state index contributed by atoms with van der Waals surface area (Å²) >= 11 is 1.41. The summed E-state index contributed by atoms with van der Waals surface area (Å²) in [5.74, 6) is 0.917. The summed E-state index contributed by atoms with van der Waals surface area (Å²) in [6, 6.07) is 1.69. The number of fused-ring (bicyclic) bond motifs is 1. The van der Waals surface area contributed by atoms with Crippen LogP contribution in [-0.2, 0) is 6.54 Å². The molecular formula is C13H13N5OS. The smallest absolute Gasteiger partial charge is 0.271 e. The van der Waals surface area contributed by atoms with Gasteiger partial charge in [-0.2, -0.15) is 0 Å². The van der Waals surface area contributed by atoms with E-state index >= 15 is 0 Å². The molecule has 0 aliphatic heterocycles. The molecule has 0 fully saturated rings. The van der Waals surface area contributed by atoms with Crippen molar-refractivity contribution in [3.63, 3.8) is 0 Å². The van der Waals surface area contributed by atoms with Gasteiger partial charge in [0.15, 0.2) is 5.82 Å². The summed E-state index contributed by atoms with van der Waals surface area (Å²) in [4.78, 5) is 25.1. The van der Waals surface area contributed by atoms with Crippen LogP contribution in [0.2, 0.25) is 0 Å². The van der Waals surface area contributed by atoms with Crippen LogP contribution >= 0.6 is 11.3 Å². The molecule has 0 radical (unpaired) electrons. The van der Waals surface area contributed by atoms with Crippen molar-refractivity contribution in [2.24, 2.45) is 0 Å². The van der Waals surface area contributed by atoms with Crippen molar-refractivity contribution in [3.05, 3.63) is 45.2 Å². The number of hydrogen-bond donors (Lipinski definition) is 1. The van der Waals surface area contributed by atoms with E-state index in [4.69, 9.17) is 5.73 Å². The molecule has 0 unspecified atom stereocenters. The van der Waals surface area contributed by atoms with E-state index in [1.165, 1.54) is 22.2 Å². The molecule has 3 aromatic heterocycles. The van der Waals surface area contributed by atoms with E-state index in [1.807, 2.05) is 19.2 Å². The lowest BCUT2D eigenvalue weighted by Crippen LogP contribution is -2.21. The second-order valence-corrected chi connectivity index (χ2v) is 5.50. The topological polar surface area (TPSA) is 86.7 Å². The zero-order valence-electron chi connectivity index (χ0n) is 11.1. The summed E-state index contributed by atoms with van der Waals surface area (Å²) in [7, 11) is 0. The van der Waals surface area contributed by atoms with Gasteiger partial charge in [0.25, 0.3) is 5.56 Å². The van der Waals surface area contributed by atoms with E-state index in [0.29, 0.717) is 16.3 Å². The van der Waals surface area contributed by atoms with Crippen LogP contribution in [0.1, 0.15) is 17.1 Å². The first-order chi connectivity index (χ1) is 9.54. The van der Waals surface area contributed by atoms with Crippen molar-refractivity contribution >= 4 is 27.4 Å². The summed E-state index contributed by atoms with van der Waals surface area (Å²) in [6.07, 6.45) is 1.53. The summed E-state index contributed by atoms with van der Waals surface area (Å²) in [5, 5.41) is 1.94. The molecule has 0 amide bonds. The predicted molar refractivity (Wildman–Crippen MR) is 78.9 cm³/mol. The fraction of sp³-hybridized carbons (Fsp3) is 0.231. The van der Waals surface area contributed by atoms with E-state index in [2.05, 4.69) is 15.0 Å². The van der Waals surface area contributed by atoms with Gasteiger partial charge in [-0.05, 0) is 24.8 Å². The molecule has 0 spiro atoms. The third-order valence-electron chi connectivity index (χ3n) is 2.96.